The van der Waals surface area contributed by atoms with Crippen molar-refractivity contribution in [2.45, 2.75) is 59.3 Å². The van der Waals surface area contributed by atoms with Gasteiger partial charge in [-0.25, -0.2) is 13.8 Å². The van der Waals surface area contributed by atoms with Crippen LogP contribution in [0.2, 0.25) is 0 Å². The highest BCUT2D eigenvalue weighted by atomic mass is 19.1. The molecule has 0 aliphatic carbocycles. The first-order valence-corrected chi connectivity index (χ1v) is 14.1. The molecule has 1 heterocycles. The Bertz CT molecular complexity index is 1030. The van der Waals surface area contributed by atoms with Gasteiger partial charge < -0.3 is 19.7 Å². The molecule has 1 unspecified atom stereocenters. The van der Waals surface area contributed by atoms with Gasteiger partial charge in [0.25, 0.3) is 0 Å². The molecule has 0 saturated carbocycles. The van der Waals surface area contributed by atoms with Crippen LogP contribution in [0, 0.1) is 0 Å². The minimum Gasteiger partial charge on any atom is -0.497 e. The Kier molecular flexibility index (Phi) is 19.6. The number of allylic oxidation sites excluding steroid dienone is 3. The average molecular weight is 594 g/mol. The lowest BCUT2D eigenvalue weighted by Gasteiger charge is -2.49. The van der Waals surface area contributed by atoms with Gasteiger partial charge in [-0.3, -0.25) is 19.5 Å². The van der Waals surface area contributed by atoms with Crippen molar-refractivity contribution < 1.29 is 27.9 Å². The third-order valence-electron chi connectivity index (χ3n) is 6.49. The van der Waals surface area contributed by atoms with E-state index in [4.69, 9.17) is 4.74 Å². The maximum atomic E-state index is 14.3. The van der Waals surface area contributed by atoms with Crippen LogP contribution in [0.4, 0.5) is 8.78 Å². The SMILES string of the molecule is C=C(F)/C=C(F)\C(=C/C)CN1CC(N(C=O)N(C)CC=O)N(C)[C@@H](CCC)C1=O.CC.CNCc1ccc(OC)cc1. The molecule has 1 fully saturated rings. The molecule has 1 aromatic rings. The first kappa shape index (κ1) is 38.6. The predicted octanol–water partition coefficient (Wildman–Crippen LogP) is 4.48. The summed E-state index contributed by atoms with van der Waals surface area (Å²) in [6, 6.07) is 7.52. The molecule has 1 N–H and O–H groups in total. The van der Waals surface area contributed by atoms with Crippen LogP contribution in [-0.4, -0.2) is 98.5 Å². The van der Waals surface area contributed by atoms with E-state index >= 15 is 0 Å². The number of rotatable bonds is 14. The molecule has 2 rings (SSSR count). The number of benzene rings is 1. The summed E-state index contributed by atoms with van der Waals surface area (Å²) in [6.45, 7) is 11.5. The number of nitrogens with one attached hydrogen (secondary N) is 1. The molecule has 9 nitrogen and oxygen atoms in total. The topological polar surface area (TPSA) is 85.4 Å². The van der Waals surface area contributed by atoms with Crippen molar-refractivity contribution in [3.63, 3.8) is 0 Å². The van der Waals surface area contributed by atoms with Crippen molar-refractivity contribution >= 4 is 18.6 Å². The lowest BCUT2D eigenvalue weighted by atomic mass is 10.0. The molecule has 11 heteroatoms. The molecule has 0 radical (unpaired) electrons. The maximum Gasteiger partial charge on any atom is 0.240 e. The number of halogens is 2. The summed E-state index contributed by atoms with van der Waals surface area (Å²) >= 11 is 0. The Morgan fingerprint density at radius 2 is 1.83 bits per heavy atom. The van der Waals surface area contributed by atoms with Crippen LogP contribution in [0.15, 0.2) is 60.2 Å². The Morgan fingerprint density at radius 1 is 1.21 bits per heavy atom. The summed E-state index contributed by atoms with van der Waals surface area (Å²) in [5.74, 6) is -1.01. The number of aldehydes is 1. The fraction of sp³-hybridized carbons (Fsp3) is 0.516. The summed E-state index contributed by atoms with van der Waals surface area (Å²) < 4.78 is 32.3. The zero-order chi connectivity index (χ0) is 32.2. The minimum atomic E-state index is -0.920. The molecular weight excluding hydrogens is 544 g/mol. The van der Waals surface area contributed by atoms with E-state index in [0.717, 1.165) is 18.7 Å². The van der Waals surface area contributed by atoms with Crippen molar-refractivity contribution in [1.29, 1.82) is 0 Å². The number of hydrogen-bond acceptors (Lipinski definition) is 7. The molecule has 42 heavy (non-hydrogen) atoms. The van der Waals surface area contributed by atoms with E-state index in [0.29, 0.717) is 25.2 Å². The van der Waals surface area contributed by atoms with Crippen LogP contribution in [0.5, 0.6) is 5.75 Å². The summed E-state index contributed by atoms with van der Waals surface area (Å²) in [6.07, 6.45) is 4.18. The fourth-order valence-electron chi connectivity index (χ4n) is 4.29. The number of hydrazine groups is 1. The fourth-order valence-corrected chi connectivity index (χ4v) is 4.29. The third-order valence-corrected chi connectivity index (χ3v) is 6.49. The highest BCUT2D eigenvalue weighted by Crippen LogP contribution is 2.24. The van der Waals surface area contributed by atoms with Crippen LogP contribution in [0.3, 0.4) is 0 Å². The van der Waals surface area contributed by atoms with Gasteiger partial charge in [0, 0.05) is 31.8 Å². The molecule has 2 amide bonds. The number of methoxy groups -OCH3 is 1. The lowest BCUT2D eigenvalue weighted by Crippen LogP contribution is -2.67. The maximum absolute atomic E-state index is 14.3. The van der Waals surface area contributed by atoms with Gasteiger partial charge in [-0.1, -0.05) is 52.0 Å². The van der Waals surface area contributed by atoms with E-state index in [1.54, 1.807) is 33.0 Å². The van der Waals surface area contributed by atoms with Gasteiger partial charge in [0.15, 0.2) is 0 Å². The summed E-state index contributed by atoms with van der Waals surface area (Å²) in [5.41, 5.74) is 1.42. The van der Waals surface area contributed by atoms with Crippen LogP contribution >= 0.6 is 0 Å². The van der Waals surface area contributed by atoms with E-state index in [2.05, 4.69) is 24.0 Å². The normalized spacial score (nSPS) is 17.5. The van der Waals surface area contributed by atoms with Crippen molar-refractivity contribution in [2.75, 3.05) is 47.9 Å². The molecule has 0 spiro atoms. The molecule has 0 bridgehead atoms. The Morgan fingerprint density at radius 3 is 2.29 bits per heavy atom. The molecule has 1 aliphatic rings. The molecule has 1 aliphatic heterocycles. The van der Waals surface area contributed by atoms with E-state index < -0.39 is 23.9 Å². The van der Waals surface area contributed by atoms with Crippen molar-refractivity contribution in [3.05, 3.63) is 65.8 Å². The number of hydrogen-bond donors (Lipinski definition) is 1. The summed E-state index contributed by atoms with van der Waals surface area (Å²) in [4.78, 5) is 38.9. The van der Waals surface area contributed by atoms with Gasteiger partial charge in [-0.2, -0.15) is 0 Å². The van der Waals surface area contributed by atoms with Gasteiger partial charge in [0.05, 0.1) is 26.2 Å². The Hall–Kier alpha value is -3.41. The van der Waals surface area contributed by atoms with Crippen molar-refractivity contribution in [1.82, 2.24) is 25.1 Å². The van der Waals surface area contributed by atoms with Gasteiger partial charge >= 0.3 is 0 Å². The first-order valence-electron chi connectivity index (χ1n) is 14.1. The zero-order valence-electron chi connectivity index (χ0n) is 26.4. The smallest absolute Gasteiger partial charge is 0.240 e. The van der Waals surface area contributed by atoms with Gasteiger partial charge in [-0.15, -0.1) is 0 Å². The molecule has 1 aromatic carbocycles. The number of piperazine rings is 1. The van der Waals surface area contributed by atoms with E-state index in [1.807, 2.05) is 40.0 Å². The van der Waals surface area contributed by atoms with Crippen molar-refractivity contribution in [3.8, 4) is 5.75 Å². The number of amides is 2. The lowest BCUT2D eigenvalue weighted by molar-refractivity contribution is -0.170. The number of carbonyl (C=O) groups is 3. The van der Waals surface area contributed by atoms with E-state index in [9.17, 15) is 23.2 Å². The minimum absolute atomic E-state index is 0.00552. The third kappa shape index (κ3) is 12.2. The van der Waals surface area contributed by atoms with Crippen LogP contribution < -0.4 is 10.1 Å². The van der Waals surface area contributed by atoms with E-state index in [1.165, 1.54) is 26.6 Å². The first-order chi connectivity index (χ1) is 20.1. The second kappa shape index (κ2) is 21.3. The molecule has 236 valence electrons. The average Bonchev–Trinajstić information content (AvgIpc) is 2.98. The van der Waals surface area contributed by atoms with Gasteiger partial charge in [0.1, 0.15) is 29.9 Å². The van der Waals surface area contributed by atoms with Crippen LogP contribution in [0.1, 0.15) is 46.1 Å². The molecule has 2 atom stereocenters. The molecule has 1 saturated heterocycles. The Labute approximate surface area is 250 Å². The van der Waals surface area contributed by atoms with Crippen LogP contribution in [0.25, 0.3) is 0 Å². The second-order valence-corrected chi connectivity index (χ2v) is 9.29. The zero-order valence-corrected chi connectivity index (χ0v) is 26.4. The number of nitrogens with zero attached hydrogens (tertiary/aromatic N) is 4. The molecular formula is C31H49F2N5O4. The van der Waals surface area contributed by atoms with Gasteiger partial charge in [0.2, 0.25) is 12.3 Å². The predicted molar refractivity (Wildman–Crippen MR) is 164 cm³/mol. The van der Waals surface area contributed by atoms with Crippen molar-refractivity contribution in [2.24, 2.45) is 0 Å². The number of carbonyl (C=O) groups excluding carboxylic acids is 3. The largest absolute Gasteiger partial charge is 0.497 e. The highest BCUT2D eigenvalue weighted by Gasteiger charge is 2.41. The number of likely N-dealkylation sites (N-methyl/N-ethyl adjacent to an activating group) is 2. The second-order valence-electron chi connectivity index (χ2n) is 9.29. The van der Waals surface area contributed by atoms with Crippen LogP contribution in [-0.2, 0) is 20.9 Å². The van der Waals surface area contributed by atoms with E-state index in [-0.39, 0.29) is 31.1 Å². The quantitative estimate of drug-likeness (QED) is 0.193. The van der Waals surface area contributed by atoms with Gasteiger partial charge in [-0.05, 0) is 45.1 Å². The molecule has 0 aromatic heterocycles. The Balaban J connectivity index is 0.00000107. The standard InChI is InChI=1S/C20H30F2N4O3.C9H13NO.C2H6/c1-6-8-18-20(29)25(12-16(7-2)17(22)11-15(3)21)13-19(24(18)5)26(14-28)23(4)9-10-27;1-10-7-8-3-5-9(11-2)6-4-8;1-2/h7,10-11,14,18-19H,3,6,8-9,12-13H2,1-2,4-5H3;3-6,10H,7H2,1-2H3;1-2H3/b16-7-,17-11+;;/t18-,19?;;/m0../s1. The highest BCUT2D eigenvalue weighted by molar-refractivity contribution is 5.83. The summed E-state index contributed by atoms with van der Waals surface area (Å²) in [7, 11) is 6.95. The number of ether oxygens (including phenoxy) is 1. The summed E-state index contributed by atoms with van der Waals surface area (Å²) in [5, 5.41) is 5.89. The monoisotopic (exact) mass is 593 g/mol.